The summed E-state index contributed by atoms with van der Waals surface area (Å²) in [6, 6.07) is 20.9. The van der Waals surface area contributed by atoms with Gasteiger partial charge in [0.15, 0.2) is 0 Å². The lowest BCUT2D eigenvalue weighted by Crippen LogP contribution is -2.26. The summed E-state index contributed by atoms with van der Waals surface area (Å²) in [6.07, 6.45) is -0.617. The fraction of sp³-hybridized carbons (Fsp3) is 0.182. The number of hydrogen-bond acceptors (Lipinski definition) is 4. The topological polar surface area (TPSA) is 77.5 Å². The third kappa shape index (κ3) is 3.89. The van der Waals surface area contributed by atoms with Gasteiger partial charge in [-0.3, -0.25) is 0 Å². The number of benzene rings is 3. The minimum absolute atomic E-state index is 0.194. The number of aromatic amines is 1. The van der Waals surface area contributed by atoms with Crippen LogP contribution in [0.2, 0.25) is 0 Å². The molecule has 0 spiro atoms. The van der Waals surface area contributed by atoms with Crippen molar-refractivity contribution in [2.45, 2.75) is 6.10 Å². The Labute approximate surface area is 157 Å². The molecule has 0 saturated carbocycles. The summed E-state index contributed by atoms with van der Waals surface area (Å²) >= 11 is 0. The molecule has 1 heterocycles. The van der Waals surface area contributed by atoms with Crippen molar-refractivity contribution in [3.63, 3.8) is 0 Å². The maximum atomic E-state index is 10.1. The van der Waals surface area contributed by atoms with Crippen molar-refractivity contribution in [1.29, 1.82) is 0 Å². The van der Waals surface area contributed by atoms with Gasteiger partial charge in [0.25, 0.3) is 0 Å². The molecule has 0 bridgehead atoms. The lowest BCUT2D eigenvalue weighted by molar-refractivity contribution is 0.172. The van der Waals surface area contributed by atoms with Crippen LogP contribution in [0.1, 0.15) is 11.7 Å². The lowest BCUT2D eigenvalue weighted by atomic mass is 10.1. The van der Waals surface area contributed by atoms with E-state index >= 15 is 0 Å². The number of ether oxygens (including phenoxy) is 1. The molecule has 1 atom stereocenters. The number of aliphatic hydroxyl groups is 1. The molecule has 5 heteroatoms. The predicted molar refractivity (Wildman–Crippen MR) is 107 cm³/mol. The monoisotopic (exact) mass is 362 g/mol. The molecule has 5 nitrogen and oxygen atoms in total. The second-order valence-electron chi connectivity index (χ2n) is 6.54. The number of aliphatic hydroxyl groups excluding tert-OH is 1. The van der Waals surface area contributed by atoms with Crippen LogP contribution in [0.5, 0.6) is 11.5 Å². The van der Waals surface area contributed by atoms with Crippen LogP contribution >= 0.6 is 0 Å². The normalized spacial score (nSPS) is 12.5. The molecule has 4 rings (SSSR count). The second kappa shape index (κ2) is 7.70. The predicted octanol–water partition coefficient (Wildman–Crippen LogP) is 3.73. The zero-order chi connectivity index (χ0) is 18.6. The minimum atomic E-state index is -0.617. The van der Waals surface area contributed by atoms with E-state index in [9.17, 15) is 10.2 Å². The van der Waals surface area contributed by atoms with Gasteiger partial charge in [0.1, 0.15) is 18.1 Å². The molecular weight excluding hydrogens is 340 g/mol. The van der Waals surface area contributed by atoms with Gasteiger partial charge in [0.2, 0.25) is 0 Å². The number of H-pyrrole nitrogens is 1. The number of para-hydroxylation sites is 1. The highest BCUT2D eigenvalue weighted by Crippen LogP contribution is 2.28. The number of aromatic nitrogens is 1. The van der Waals surface area contributed by atoms with E-state index in [4.69, 9.17) is 4.74 Å². The SMILES string of the molecule is Oc1ccc(C(O)CNCCOc2ccc3c(c2)[nH]c2ccccc23)cc1. The standard InChI is InChI=1S/C22H22N2O3/c25-16-7-5-15(6-8-16)22(26)14-23-11-12-27-17-9-10-19-18-3-1-2-4-20(18)24-21(19)13-17/h1-10,13,22-26H,11-12,14H2. The summed E-state index contributed by atoms with van der Waals surface area (Å²) in [6.45, 7) is 1.56. The van der Waals surface area contributed by atoms with Gasteiger partial charge in [-0.05, 0) is 35.9 Å². The molecule has 0 aliphatic carbocycles. The van der Waals surface area contributed by atoms with E-state index in [1.54, 1.807) is 24.3 Å². The Morgan fingerprint density at radius 1 is 0.926 bits per heavy atom. The summed E-state index contributed by atoms with van der Waals surface area (Å²) in [7, 11) is 0. The number of aromatic hydroxyl groups is 1. The molecular formula is C22H22N2O3. The molecule has 27 heavy (non-hydrogen) atoms. The van der Waals surface area contributed by atoms with Crippen LogP contribution in [-0.4, -0.2) is 34.9 Å². The van der Waals surface area contributed by atoms with Crippen LogP contribution in [0.4, 0.5) is 0 Å². The Bertz CT molecular complexity index is 1040. The third-order valence-corrected chi connectivity index (χ3v) is 4.64. The van der Waals surface area contributed by atoms with Crippen molar-refractivity contribution in [3.8, 4) is 11.5 Å². The van der Waals surface area contributed by atoms with Gasteiger partial charge in [-0.25, -0.2) is 0 Å². The van der Waals surface area contributed by atoms with E-state index < -0.39 is 6.10 Å². The van der Waals surface area contributed by atoms with Crippen LogP contribution < -0.4 is 10.1 Å². The lowest BCUT2D eigenvalue weighted by Gasteiger charge is -2.13. The fourth-order valence-electron chi connectivity index (χ4n) is 3.22. The van der Waals surface area contributed by atoms with Crippen LogP contribution in [0.25, 0.3) is 21.8 Å². The van der Waals surface area contributed by atoms with Gasteiger partial charge in [-0.15, -0.1) is 0 Å². The van der Waals surface area contributed by atoms with Crippen molar-refractivity contribution in [2.75, 3.05) is 19.7 Å². The summed E-state index contributed by atoms with van der Waals surface area (Å²) in [5, 5.41) is 25.0. The smallest absolute Gasteiger partial charge is 0.121 e. The number of nitrogens with one attached hydrogen (secondary N) is 2. The number of rotatable bonds is 7. The van der Waals surface area contributed by atoms with Crippen molar-refractivity contribution in [2.24, 2.45) is 0 Å². The van der Waals surface area contributed by atoms with Gasteiger partial charge >= 0.3 is 0 Å². The molecule has 0 amide bonds. The molecule has 1 aromatic heterocycles. The highest BCUT2D eigenvalue weighted by atomic mass is 16.5. The number of phenolic OH excluding ortho intramolecular Hbond substituents is 1. The summed E-state index contributed by atoms with van der Waals surface area (Å²) in [4.78, 5) is 3.41. The Balaban J connectivity index is 1.29. The molecule has 0 fully saturated rings. The molecule has 4 N–H and O–H groups in total. The largest absolute Gasteiger partial charge is 0.508 e. The summed E-state index contributed by atoms with van der Waals surface area (Å²) in [5.41, 5.74) is 2.95. The summed E-state index contributed by atoms with van der Waals surface area (Å²) in [5.74, 6) is 1.01. The Morgan fingerprint density at radius 3 is 2.56 bits per heavy atom. The van der Waals surface area contributed by atoms with Crippen LogP contribution in [-0.2, 0) is 0 Å². The van der Waals surface area contributed by atoms with Gasteiger partial charge in [-0.2, -0.15) is 0 Å². The van der Waals surface area contributed by atoms with Gasteiger partial charge in [-0.1, -0.05) is 30.3 Å². The van der Waals surface area contributed by atoms with E-state index in [0.717, 1.165) is 22.3 Å². The van der Waals surface area contributed by atoms with E-state index in [-0.39, 0.29) is 5.75 Å². The minimum Gasteiger partial charge on any atom is -0.508 e. The van der Waals surface area contributed by atoms with Gasteiger partial charge < -0.3 is 25.3 Å². The van der Waals surface area contributed by atoms with Gasteiger partial charge in [0, 0.05) is 35.4 Å². The maximum Gasteiger partial charge on any atom is 0.121 e. The maximum absolute atomic E-state index is 10.1. The number of hydrogen-bond donors (Lipinski definition) is 4. The third-order valence-electron chi connectivity index (χ3n) is 4.64. The molecule has 1 unspecified atom stereocenters. The van der Waals surface area contributed by atoms with E-state index in [2.05, 4.69) is 28.5 Å². The molecule has 0 aliphatic rings. The first-order valence-corrected chi connectivity index (χ1v) is 9.02. The van der Waals surface area contributed by atoms with Crippen molar-refractivity contribution < 1.29 is 14.9 Å². The van der Waals surface area contributed by atoms with E-state index in [0.29, 0.717) is 19.7 Å². The Morgan fingerprint density at radius 2 is 1.70 bits per heavy atom. The fourth-order valence-corrected chi connectivity index (χ4v) is 3.22. The molecule has 138 valence electrons. The van der Waals surface area contributed by atoms with Crippen LogP contribution in [0.3, 0.4) is 0 Å². The van der Waals surface area contributed by atoms with E-state index in [1.807, 2.05) is 24.3 Å². The van der Waals surface area contributed by atoms with E-state index in [1.165, 1.54) is 10.8 Å². The van der Waals surface area contributed by atoms with Crippen molar-refractivity contribution in [1.82, 2.24) is 10.3 Å². The summed E-state index contributed by atoms with van der Waals surface area (Å²) < 4.78 is 5.82. The first-order valence-electron chi connectivity index (χ1n) is 9.02. The van der Waals surface area contributed by atoms with Gasteiger partial charge in [0.05, 0.1) is 11.6 Å². The first kappa shape index (κ1) is 17.4. The average Bonchev–Trinajstić information content (AvgIpc) is 3.06. The number of phenols is 1. The second-order valence-corrected chi connectivity index (χ2v) is 6.54. The molecule has 0 saturated heterocycles. The first-order chi connectivity index (χ1) is 13.2. The highest BCUT2D eigenvalue weighted by Gasteiger charge is 2.07. The molecule has 4 aromatic rings. The van der Waals surface area contributed by atoms with Crippen LogP contribution in [0, 0.1) is 0 Å². The molecule has 0 aliphatic heterocycles. The number of fused-ring (bicyclic) bond motifs is 3. The highest BCUT2D eigenvalue weighted by molar-refractivity contribution is 6.07. The average molecular weight is 362 g/mol. The quantitative estimate of drug-likeness (QED) is 0.378. The molecule has 3 aromatic carbocycles. The van der Waals surface area contributed by atoms with Crippen molar-refractivity contribution >= 4 is 21.8 Å². The van der Waals surface area contributed by atoms with Crippen LogP contribution in [0.15, 0.2) is 66.7 Å². The Hall–Kier alpha value is -3.02. The van der Waals surface area contributed by atoms with Crippen molar-refractivity contribution in [3.05, 3.63) is 72.3 Å². The zero-order valence-corrected chi connectivity index (χ0v) is 14.9. The Kier molecular flexibility index (Phi) is 4.96. The molecule has 0 radical (unpaired) electrons. The zero-order valence-electron chi connectivity index (χ0n) is 14.9.